The number of allylic oxidation sites excluding steroid dienone is 1. The Morgan fingerprint density at radius 2 is 1.52 bits per heavy atom. The summed E-state index contributed by atoms with van der Waals surface area (Å²) in [5, 5.41) is 1.68. The van der Waals surface area contributed by atoms with E-state index in [0.29, 0.717) is 17.0 Å². The standard InChI is InChI=1S/C22H14F5NS/c23-17-8-10-20(11-9-17)29-13-12-21(28-19-3-1-2-18(24)14-19)15-4-6-16(7-5-15)22(25,26)27/h1-14H/b13-12+,28-21?. The molecule has 0 N–H and O–H groups in total. The van der Waals surface area contributed by atoms with Crippen molar-refractivity contribution in [2.24, 2.45) is 4.99 Å². The average molecular weight is 419 g/mol. The van der Waals surface area contributed by atoms with Crippen LogP contribution < -0.4 is 0 Å². The lowest BCUT2D eigenvalue weighted by molar-refractivity contribution is -0.137. The topological polar surface area (TPSA) is 12.4 Å². The molecule has 0 atom stereocenters. The summed E-state index contributed by atoms with van der Waals surface area (Å²) in [6.45, 7) is 0. The molecule has 3 aromatic carbocycles. The van der Waals surface area contributed by atoms with Crippen molar-refractivity contribution in [3.05, 3.63) is 107 Å². The van der Waals surface area contributed by atoms with Crippen molar-refractivity contribution in [3.8, 4) is 0 Å². The highest BCUT2D eigenvalue weighted by molar-refractivity contribution is 8.02. The minimum Gasteiger partial charge on any atom is -0.248 e. The zero-order valence-electron chi connectivity index (χ0n) is 14.8. The van der Waals surface area contributed by atoms with Gasteiger partial charge >= 0.3 is 6.18 Å². The molecule has 0 aliphatic carbocycles. The van der Waals surface area contributed by atoms with Crippen LogP contribution in [0, 0.1) is 11.6 Å². The Labute approximate surface area is 168 Å². The number of alkyl halides is 3. The Morgan fingerprint density at radius 1 is 0.828 bits per heavy atom. The Bertz CT molecular complexity index is 1020. The maximum Gasteiger partial charge on any atom is 0.416 e. The van der Waals surface area contributed by atoms with E-state index >= 15 is 0 Å². The molecule has 0 aliphatic rings. The second-order valence-electron chi connectivity index (χ2n) is 5.93. The fourth-order valence-corrected chi connectivity index (χ4v) is 3.05. The van der Waals surface area contributed by atoms with Crippen molar-refractivity contribution in [2.75, 3.05) is 0 Å². The van der Waals surface area contributed by atoms with Gasteiger partial charge in [-0.15, -0.1) is 0 Å². The van der Waals surface area contributed by atoms with Crippen LogP contribution in [0.3, 0.4) is 0 Å². The summed E-state index contributed by atoms with van der Waals surface area (Å²) < 4.78 is 64.9. The lowest BCUT2D eigenvalue weighted by Gasteiger charge is -2.08. The van der Waals surface area contributed by atoms with Gasteiger partial charge in [0.1, 0.15) is 11.6 Å². The van der Waals surface area contributed by atoms with Crippen molar-refractivity contribution < 1.29 is 22.0 Å². The zero-order chi connectivity index (χ0) is 20.9. The summed E-state index contributed by atoms with van der Waals surface area (Å²) in [4.78, 5) is 5.14. The van der Waals surface area contributed by atoms with Crippen molar-refractivity contribution in [3.63, 3.8) is 0 Å². The minimum absolute atomic E-state index is 0.330. The van der Waals surface area contributed by atoms with E-state index in [4.69, 9.17) is 0 Å². The Kier molecular flexibility index (Phi) is 6.49. The van der Waals surface area contributed by atoms with E-state index in [1.165, 1.54) is 54.2 Å². The number of rotatable bonds is 5. The highest BCUT2D eigenvalue weighted by Gasteiger charge is 2.30. The third-order valence-electron chi connectivity index (χ3n) is 3.81. The summed E-state index contributed by atoms with van der Waals surface area (Å²) in [5.41, 5.74) is 0.365. The van der Waals surface area contributed by atoms with Crippen LogP contribution in [0.5, 0.6) is 0 Å². The van der Waals surface area contributed by atoms with E-state index in [0.717, 1.165) is 17.0 Å². The SMILES string of the molecule is Fc1ccc(S/C=C/C(=Nc2cccc(F)c2)c2ccc(C(F)(F)F)cc2)cc1. The molecular formula is C22H14F5NS. The van der Waals surface area contributed by atoms with Crippen LogP contribution in [0.4, 0.5) is 27.6 Å². The van der Waals surface area contributed by atoms with E-state index in [1.54, 1.807) is 29.7 Å². The number of aliphatic imine (C=N–C) groups is 1. The molecule has 0 amide bonds. The molecule has 3 rings (SSSR count). The number of nitrogens with zero attached hydrogens (tertiary/aromatic N) is 1. The summed E-state index contributed by atoms with van der Waals surface area (Å²) in [7, 11) is 0. The number of halogens is 5. The summed E-state index contributed by atoms with van der Waals surface area (Å²) >= 11 is 1.29. The van der Waals surface area contributed by atoms with Crippen LogP contribution in [0.1, 0.15) is 11.1 Å². The van der Waals surface area contributed by atoms with Crippen molar-refractivity contribution >= 4 is 23.2 Å². The summed E-state index contributed by atoms with van der Waals surface area (Å²) in [6, 6.07) is 16.0. The molecule has 0 unspecified atom stereocenters. The van der Waals surface area contributed by atoms with Gasteiger partial charge in [-0.1, -0.05) is 30.0 Å². The normalized spacial score (nSPS) is 12.5. The molecule has 0 saturated carbocycles. The molecule has 0 saturated heterocycles. The number of benzene rings is 3. The molecule has 0 fully saturated rings. The summed E-state index contributed by atoms with van der Waals surface area (Å²) in [6.07, 6.45) is -2.83. The van der Waals surface area contributed by atoms with Gasteiger partial charge < -0.3 is 0 Å². The Hall–Kier alpha value is -2.93. The molecule has 0 radical (unpaired) electrons. The fourth-order valence-electron chi connectivity index (χ4n) is 2.40. The monoisotopic (exact) mass is 419 g/mol. The maximum absolute atomic E-state index is 13.5. The predicted molar refractivity (Wildman–Crippen MR) is 105 cm³/mol. The van der Waals surface area contributed by atoms with Gasteiger partial charge in [0, 0.05) is 10.5 Å². The molecule has 29 heavy (non-hydrogen) atoms. The number of thioether (sulfide) groups is 1. The minimum atomic E-state index is -4.44. The van der Waals surface area contributed by atoms with Crippen LogP contribution in [0.15, 0.2) is 94.2 Å². The van der Waals surface area contributed by atoms with Gasteiger partial charge in [0.2, 0.25) is 0 Å². The van der Waals surface area contributed by atoms with E-state index in [-0.39, 0.29) is 5.82 Å². The van der Waals surface area contributed by atoms with Crippen LogP contribution in [0.25, 0.3) is 0 Å². The molecular weight excluding hydrogens is 405 g/mol. The smallest absolute Gasteiger partial charge is 0.248 e. The first-order chi connectivity index (χ1) is 13.8. The average Bonchev–Trinajstić information content (AvgIpc) is 2.68. The van der Waals surface area contributed by atoms with Gasteiger partial charge in [-0.05, 0) is 66.1 Å². The lowest BCUT2D eigenvalue weighted by Crippen LogP contribution is -2.05. The highest BCUT2D eigenvalue weighted by Crippen LogP contribution is 2.29. The second kappa shape index (κ2) is 9.05. The fraction of sp³-hybridized carbons (Fsp3) is 0.0455. The highest BCUT2D eigenvalue weighted by atomic mass is 32.2. The van der Waals surface area contributed by atoms with Crippen molar-refractivity contribution in [2.45, 2.75) is 11.1 Å². The first kappa shape index (κ1) is 20.8. The molecule has 0 bridgehead atoms. The zero-order valence-corrected chi connectivity index (χ0v) is 15.6. The van der Waals surface area contributed by atoms with Gasteiger partial charge in [-0.2, -0.15) is 13.2 Å². The maximum atomic E-state index is 13.5. The van der Waals surface area contributed by atoms with Gasteiger partial charge in [-0.3, -0.25) is 0 Å². The number of hydrogen-bond acceptors (Lipinski definition) is 2. The van der Waals surface area contributed by atoms with Crippen molar-refractivity contribution in [1.82, 2.24) is 0 Å². The largest absolute Gasteiger partial charge is 0.416 e. The molecule has 7 heteroatoms. The van der Waals surface area contributed by atoms with E-state index in [9.17, 15) is 22.0 Å². The van der Waals surface area contributed by atoms with E-state index < -0.39 is 17.6 Å². The van der Waals surface area contributed by atoms with E-state index in [1.807, 2.05) is 0 Å². The second-order valence-corrected chi connectivity index (χ2v) is 6.91. The molecule has 0 spiro atoms. The van der Waals surface area contributed by atoms with Gasteiger partial charge in [0.15, 0.2) is 0 Å². The first-order valence-electron chi connectivity index (χ1n) is 8.42. The molecule has 1 nitrogen and oxygen atoms in total. The predicted octanol–water partition coefficient (Wildman–Crippen LogP) is 7.41. The van der Waals surface area contributed by atoms with Gasteiger partial charge in [0.05, 0.1) is 17.0 Å². The summed E-state index contributed by atoms with van der Waals surface area (Å²) in [5.74, 6) is -0.820. The van der Waals surface area contributed by atoms with Crippen LogP contribution in [-0.2, 0) is 6.18 Å². The quantitative estimate of drug-likeness (QED) is 0.238. The van der Waals surface area contributed by atoms with Gasteiger partial charge in [0.25, 0.3) is 0 Å². The lowest BCUT2D eigenvalue weighted by atomic mass is 10.1. The van der Waals surface area contributed by atoms with E-state index in [2.05, 4.69) is 4.99 Å². The van der Waals surface area contributed by atoms with Crippen LogP contribution >= 0.6 is 11.8 Å². The molecule has 0 aromatic heterocycles. The molecule has 0 aliphatic heterocycles. The molecule has 3 aromatic rings. The molecule has 0 heterocycles. The van der Waals surface area contributed by atoms with Crippen molar-refractivity contribution in [1.29, 1.82) is 0 Å². The third-order valence-corrected chi connectivity index (χ3v) is 4.63. The van der Waals surface area contributed by atoms with Crippen LogP contribution in [-0.4, -0.2) is 5.71 Å². The first-order valence-corrected chi connectivity index (χ1v) is 9.30. The number of hydrogen-bond donors (Lipinski definition) is 0. The Morgan fingerprint density at radius 3 is 2.14 bits per heavy atom. The third kappa shape index (κ3) is 6.02. The Balaban J connectivity index is 1.91. The van der Waals surface area contributed by atoms with Gasteiger partial charge in [-0.25, -0.2) is 13.8 Å². The van der Waals surface area contributed by atoms with Crippen LogP contribution in [0.2, 0.25) is 0 Å². The molecule has 148 valence electrons.